The molecule has 0 aliphatic rings. The monoisotopic (exact) mass is 256 g/mol. The summed E-state index contributed by atoms with van der Waals surface area (Å²) in [4.78, 5) is 4.06. The predicted molar refractivity (Wildman–Crippen MR) is 69.9 cm³/mol. The van der Waals surface area contributed by atoms with Crippen LogP contribution in [0.5, 0.6) is 11.5 Å². The number of furan rings is 1. The number of nitriles is 1. The molecule has 0 saturated carbocycles. The molecule has 0 radical (unpaired) electrons. The van der Waals surface area contributed by atoms with Crippen LogP contribution in [0.3, 0.4) is 0 Å². The van der Waals surface area contributed by atoms with Crippen molar-refractivity contribution >= 4 is 12.1 Å². The molecule has 0 unspecified atom stereocenters. The third-order valence-corrected chi connectivity index (χ3v) is 2.81. The first-order valence-corrected chi connectivity index (χ1v) is 5.59. The molecule has 1 heterocycles. The van der Waals surface area contributed by atoms with Gasteiger partial charge in [-0.15, -0.1) is 0 Å². The molecule has 0 aliphatic heterocycles. The molecule has 19 heavy (non-hydrogen) atoms. The van der Waals surface area contributed by atoms with E-state index in [0.29, 0.717) is 16.9 Å². The van der Waals surface area contributed by atoms with Gasteiger partial charge in [-0.3, -0.25) is 0 Å². The van der Waals surface area contributed by atoms with E-state index in [1.165, 1.54) is 24.4 Å². The number of aliphatic imine (C=N–C) groups is 1. The highest BCUT2D eigenvalue weighted by Crippen LogP contribution is 2.28. The summed E-state index contributed by atoms with van der Waals surface area (Å²) in [6.07, 6.45) is 1.38. The average Bonchev–Trinajstić information content (AvgIpc) is 2.63. The SMILES string of the molecule is Cc1oc(/N=C/c2ccc(O)cc2O)c(C#N)c1C. The third kappa shape index (κ3) is 2.43. The fraction of sp³-hybridized carbons (Fsp3) is 0.143. The molecule has 0 saturated heterocycles. The highest BCUT2D eigenvalue weighted by atomic mass is 16.4. The van der Waals surface area contributed by atoms with E-state index >= 15 is 0 Å². The van der Waals surface area contributed by atoms with Gasteiger partial charge in [0.15, 0.2) is 0 Å². The highest BCUT2D eigenvalue weighted by Gasteiger charge is 2.13. The second kappa shape index (κ2) is 4.86. The zero-order valence-electron chi connectivity index (χ0n) is 10.5. The molecule has 2 rings (SSSR count). The first kappa shape index (κ1) is 12.7. The van der Waals surface area contributed by atoms with Crippen LogP contribution in [0.15, 0.2) is 27.6 Å². The Morgan fingerprint density at radius 3 is 2.68 bits per heavy atom. The van der Waals surface area contributed by atoms with Gasteiger partial charge in [-0.05, 0) is 26.0 Å². The van der Waals surface area contributed by atoms with E-state index in [1.807, 2.05) is 6.07 Å². The maximum absolute atomic E-state index is 9.61. The van der Waals surface area contributed by atoms with Crippen molar-refractivity contribution in [3.05, 3.63) is 40.6 Å². The smallest absolute Gasteiger partial charge is 0.237 e. The van der Waals surface area contributed by atoms with Crippen molar-refractivity contribution in [3.63, 3.8) is 0 Å². The fourth-order valence-electron chi connectivity index (χ4n) is 1.60. The number of hydrogen-bond donors (Lipinski definition) is 2. The number of rotatable bonds is 2. The maximum atomic E-state index is 9.61. The molecule has 0 fully saturated rings. The summed E-state index contributed by atoms with van der Waals surface area (Å²) >= 11 is 0. The van der Waals surface area contributed by atoms with Crippen LogP contribution in [0.4, 0.5) is 5.88 Å². The number of hydrogen-bond acceptors (Lipinski definition) is 5. The zero-order chi connectivity index (χ0) is 14.0. The van der Waals surface area contributed by atoms with E-state index in [-0.39, 0.29) is 17.4 Å². The third-order valence-electron chi connectivity index (χ3n) is 2.81. The van der Waals surface area contributed by atoms with Crippen LogP contribution >= 0.6 is 0 Å². The van der Waals surface area contributed by atoms with Crippen molar-refractivity contribution in [2.75, 3.05) is 0 Å². The Labute approximate surface area is 110 Å². The lowest BCUT2D eigenvalue weighted by Gasteiger charge is -1.98. The standard InChI is InChI=1S/C14H12N2O3/c1-8-9(2)19-14(12(8)6-15)16-7-10-3-4-11(17)5-13(10)18/h3-5,7,17-18H,1-2H3/b16-7+. The van der Waals surface area contributed by atoms with Gasteiger partial charge in [0.25, 0.3) is 0 Å². The molecule has 2 N–H and O–H groups in total. The summed E-state index contributed by atoms with van der Waals surface area (Å²) in [5.41, 5.74) is 1.56. The Balaban J connectivity index is 2.38. The van der Waals surface area contributed by atoms with Gasteiger partial charge in [0.05, 0.1) is 0 Å². The minimum atomic E-state index is -0.0951. The lowest BCUT2D eigenvalue weighted by molar-refractivity contribution is 0.450. The van der Waals surface area contributed by atoms with Gasteiger partial charge in [0.2, 0.25) is 5.88 Å². The van der Waals surface area contributed by atoms with Crippen LogP contribution < -0.4 is 0 Å². The number of aromatic hydroxyl groups is 2. The summed E-state index contributed by atoms with van der Waals surface area (Å²) in [7, 11) is 0. The lowest BCUT2D eigenvalue weighted by atomic mass is 10.2. The minimum absolute atomic E-state index is 0.0305. The van der Waals surface area contributed by atoms with Crippen LogP contribution in [0, 0.1) is 25.2 Å². The van der Waals surface area contributed by atoms with Gasteiger partial charge in [0, 0.05) is 23.4 Å². The fourth-order valence-corrected chi connectivity index (χ4v) is 1.60. The van der Waals surface area contributed by atoms with Crippen LogP contribution in [-0.4, -0.2) is 16.4 Å². The van der Waals surface area contributed by atoms with Crippen LogP contribution in [0.1, 0.15) is 22.5 Å². The van der Waals surface area contributed by atoms with Crippen molar-refractivity contribution in [3.8, 4) is 17.6 Å². The number of nitrogens with zero attached hydrogens (tertiary/aromatic N) is 2. The minimum Gasteiger partial charge on any atom is -0.508 e. The van der Waals surface area contributed by atoms with Crippen molar-refractivity contribution in [1.29, 1.82) is 5.26 Å². The Hall–Kier alpha value is -2.74. The van der Waals surface area contributed by atoms with E-state index in [0.717, 1.165) is 5.56 Å². The topological polar surface area (TPSA) is 89.8 Å². The van der Waals surface area contributed by atoms with Gasteiger partial charge in [-0.1, -0.05) is 0 Å². The van der Waals surface area contributed by atoms with Crippen LogP contribution in [-0.2, 0) is 0 Å². The molecule has 0 atom stereocenters. The molecule has 1 aromatic heterocycles. The molecule has 0 amide bonds. The molecule has 96 valence electrons. The Morgan fingerprint density at radius 1 is 1.32 bits per heavy atom. The predicted octanol–water partition coefficient (Wildman–Crippen LogP) is 2.93. The van der Waals surface area contributed by atoms with Crippen LogP contribution in [0.25, 0.3) is 0 Å². The molecule has 0 spiro atoms. The highest BCUT2D eigenvalue weighted by molar-refractivity contribution is 5.85. The molecule has 2 aromatic rings. The van der Waals surface area contributed by atoms with Gasteiger partial charge < -0.3 is 14.6 Å². The summed E-state index contributed by atoms with van der Waals surface area (Å²) in [5.74, 6) is 0.725. The number of phenolic OH excluding ortho intramolecular Hbond substituents is 2. The number of aryl methyl sites for hydroxylation is 1. The van der Waals surface area contributed by atoms with Gasteiger partial charge >= 0.3 is 0 Å². The average molecular weight is 256 g/mol. The largest absolute Gasteiger partial charge is 0.508 e. The van der Waals surface area contributed by atoms with Crippen LogP contribution in [0.2, 0.25) is 0 Å². The molecule has 5 nitrogen and oxygen atoms in total. The summed E-state index contributed by atoms with van der Waals surface area (Å²) in [5, 5.41) is 27.8. The quantitative estimate of drug-likeness (QED) is 0.808. The normalized spacial score (nSPS) is 10.8. The first-order valence-electron chi connectivity index (χ1n) is 5.59. The van der Waals surface area contributed by atoms with Crippen molar-refractivity contribution < 1.29 is 14.6 Å². The first-order chi connectivity index (χ1) is 9.02. The van der Waals surface area contributed by atoms with Gasteiger partial charge in [0.1, 0.15) is 28.9 Å². The Kier molecular flexibility index (Phi) is 3.25. The second-order valence-corrected chi connectivity index (χ2v) is 4.08. The number of phenols is 2. The summed E-state index contributed by atoms with van der Waals surface area (Å²) in [6.45, 7) is 3.54. The lowest BCUT2D eigenvalue weighted by Crippen LogP contribution is -1.82. The molecule has 0 bridgehead atoms. The molecule has 1 aromatic carbocycles. The van der Waals surface area contributed by atoms with Gasteiger partial charge in [-0.25, -0.2) is 4.99 Å². The zero-order valence-corrected chi connectivity index (χ0v) is 10.5. The van der Waals surface area contributed by atoms with Crippen molar-refractivity contribution in [2.24, 2.45) is 4.99 Å². The molecular formula is C14H12N2O3. The number of benzene rings is 1. The summed E-state index contributed by atoms with van der Waals surface area (Å²) < 4.78 is 5.37. The second-order valence-electron chi connectivity index (χ2n) is 4.08. The Morgan fingerprint density at radius 2 is 2.05 bits per heavy atom. The van der Waals surface area contributed by atoms with E-state index in [9.17, 15) is 10.2 Å². The maximum Gasteiger partial charge on any atom is 0.237 e. The van der Waals surface area contributed by atoms with E-state index in [4.69, 9.17) is 9.68 Å². The van der Waals surface area contributed by atoms with Crippen molar-refractivity contribution in [2.45, 2.75) is 13.8 Å². The summed E-state index contributed by atoms with van der Waals surface area (Å²) in [6, 6.07) is 6.20. The van der Waals surface area contributed by atoms with E-state index in [1.54, 1.807) is 13.8 Å². The Bertz CT molecular complexity index is 693. The molecule has 5 heteroatoms. The van der Waals surface area contributed by atoms with Gasteiger partial charge in [-0.2, -0.15) is 5.26 Å². The van der Waals surface area contributed by atoms with Crippen molar-refractivity contribution in [1.82, 2.24) is 0 Å². The van der Waals surface area contributed by atoms with E-state index < -0.39 is 0 Å². The molecular weight excluding hydrogens is 244 g/mol. The van der Waals surface area contributed by atoms with E-state index in [2.05, 4.69) is 4.99 Å². The molecule has 0 aliphatic carbocycles.